The highest BCUT2D eigenvalue weighted by Gasteiger charge is 2.40. The van der Waals surface area contributed by atoms with Crippen molar-refractivity contribution in [3.05, 3.63) is 23.8 Å². The molecular weight excluding hydrogens is 236 g/mol. The van der Waals surface area contributed by atoms with Crippen molar-refractivity contribution in [1.29, 1.82) is 0 Å². The molecule has 2 rings (SSSR count). The van der Waals surface area contributed by atoms with E-state index in [1.165, 1.54) is 0 Å². The molecule has 0 spiro atoms. The van der Waals surface area contributed by atoms with Crippen LogP contribution < -0.4 is 11.1 Å². The van der Waals surface area contributed by atoms with E-state index in [0.717, 1.165) is 29.2 Å². The van der Waals surface area contributed by atoms with Gasteiger partial charge in [-0.25, -0.2) is 0 Å². The van der Waals surface area contributed by atoms with E-state index in [0.29, 0.717) is 0 Å². The van der Waals surface area contributed by atoms with Crippen LogP contribution in [0.25, 0.3) is 0 Å². The summed E-state index contributed by atoms with van der Waals surface area (Å²) in [5.41, 5.74) is 7.57. The molecule has 1 aliphatic rings. The zero-order valence-electron chi connectivity index (χ0n) is 9.69. The number of thioether (sulfide) groups is 1. The van der Waals surface area contributed by atoms with Gasteiger partial charge in [-0.3, -0.25) is 4.79 Å². The van der Waals surface area contributed by atoms with Gasteiger partial charge < -0.3 is 16.2 Å². The van der Waals surface area contributed by atoms with E-state index in [9.17, 15) is 4.79 Å². The van der Waals surface area contributed by atoms with Gasteiger partial charge in [-0.05, 0) is 30.7 Å². The summed E-state index contributed by atoms with van der Waals surface area (Å²) < 4.78 is -0.200. The Bertz CT molecular complexity index is 444. The highest BCUT2D eigenvalue weighted by molar-refractivity contribution is 8.00. The van der Waals surface area contributed by atoms with Gasteiger partial charge in [0.1, 0.15) is 0 Å². The lowest BCUT2D eigenvalue weighted by Crippen LogP contribution is -2.57. The van der Waals surface area contributed by atoms with E-state index in [-0.39, 0.29) is 11.2 Å². The van der Waals surface area contributed by atoms with Gasteiger partial charge >= 0.3 is 5.97 Å². The van der Waals surface area contributed by atoms with E-state index < -0.39 is 5.97 Å². The fourth-order valence-corrected chi connectivity index (χ4v) is 3.29. The van der Waals surface area contributed by atoms with Crippen molar-refractivity contribution in [3.8, 4) is 0 Å². The summed E-state index contributed by atoms with van der Waals surface area (Å²) in [6, 6.07) is 5.84. The van der Waals surface area contributed by atoms with E-state index in [4.69, 9.17) is 10.8 Å². The summed E-state index contributed by atoms with van der Waals surface area (Å²) in [4.78, 5) is 11.9. The normalized spacial score (nSPS) is 17.5. The molecule has 1 aromatic carbocycles. The molecule has 0 bridgehead atoms. The average Bonchev–Trinajstić information content (AvgIpc) is 2.19. The highest BCUT2D eigenvalue weighted by Crippen LogP contribution is 2.39. The third-order valence-corrected chi connectivity index (χ3v) is 4.30. The number of nitrogens with one attached hydrogen (secondary N) is 1. The second-order valence-corrected chi connectivity index (χ2v) is 6.02. The van der Waals surface area contributed by atoms with E-state index in [1.807, 2.05) is 25.1 Å². The number of benzene rings is 1. The largest absolute Gasteiger partial charge is 0.481 e. The molecule has 1 aliphatic heterocycles. The molecule has 0 atom stereocenters. The summed E-state index contributed by atoms with van der Waals surface area (Å²) in [7, 11) is 0. The van der Waals surface area contributed by atoms with Gasteiger partial charge in [0.25, 0.3) is 0 Å². The standard InChI is InChI=1S/C12H16N2O2S/c1-8-4-9(2-3-10(8)13)17-12(5-11(15)16)6-14-7-12/h2-4,14H,5-7,13H2,1H3,(H,15,16). The van der Waals surface area contributed by atoms with Crippen LogP contribution >= 0.6 is 11.8 Å². The van der Waals surface area contributed by atoms with Gasteiger partial charge in [-0.15, -0.1) is 11.8 Å². The number of carbonyl (C=O) groups is 1. The summed E-state index contributed by atoms with van der Waals surface area (Å²) in [6.07, 6.45) is 0.189. The monoisotopic (exact) mass is 252 g/mol. The van der Waals surface area contributed by atoms with E-state index in [1.54, 1.807) is 11.8 Å². The number of hydrogen-bond acceptors (Lipinski definition) is 4. The van der Waals surface area contributed by atoms with Gasteiger partial charge in [0.2, 0.25) is 0 Å². The van der Waals surface area contributed by atoms with Crippen LogP contribution in [0.2, 0.25) is 0 Å². The van der Waals surface area contributed by atoms with Crippen LogP contribution in [0.5, 0.6) is 0 Å². The quantitative estimate of drug-likeness (QED) is 0.708. The predicted molar refractivity (Wildman–Crippen MR) is 69.3 cm³/mol. The second-order valence-electron chi connectivity index (χ2n) is 4.48. The highest BCUT2D eigenvalue weighted by atomic mass is 32.2. The third kappa shape index (κ3) is 2.73. The van der Waals surface area contributed by atoms with Crippen LogP contribution in [0.1, 0.15) is 12.0 Å². The molecular formula is C12H16N2O2S. The zero-order valence-corrected chi connectivity index (χ0v) is 10.5. The molecule has 1 fully saturated rings. The number of aliphatic carboxylic acids is 1. The van der Waals surface area contributed by atoms with Crippen molar-refractivity contribution in [2.45, 2.75) is 23.0 Å². The molecule has 0 aliphatic carbocycles. The van der Waals surface area contributed by atoms with Crippen LogP contribution in [-0.2, 0) is 4.79 Å². The number of anilines is 1. The second kappa shape index (κ2) is 4.58. The van der Waals surface area contributed by atoms with Crippen molar-refractivity contribution < 1.29 is 9.90 Å². The summed E-state index contributed by atoms with van der Waals surface area (Å²) >= 11 is 1.63. The number of carboxylic acids is 1. The van der Waals surface area contributed by atoms with Gasteiger partial charge in [0.15, 0.2) is 0 Å². The smallest absolute Gasteiger partial charge is 0.304 e. The predicted octanol–water partition coefficient (Wildman–Crippen LogP) is 1.49. The van der Waals surface area contributed by atoms with Crippen molar-refractivity contribution >= 4 is 23.4 Å². The number of rotatable bonds is 4. The number of aryl methyl sites for hydroxylation is 1. The minimum Gasteiger partial charge on any atom is -0.481 e. The number of carboxylic acid groups (broad SMARTS) is 1. The summed E-state index contributed by atoms with van der Waals surface area (Å²) in [6.45, 7) is 3.45. The molecule has 4 N–H and O–H groups in total. The Morgan fingerprint density at radius 1 is 1.59 bits per heavy atom. The molecule has 4 nitrogen and oxygen atoms in total. The maximum Gasteiger partial charge on any atom is 0.304 e. The Morgan fingerprint density at radius 3 is 2.76 bits per heavy atom. The Morgan fingerprint density at radius 2 is 2.29 bits per heavy atom. The minimum atomic E-state index is -0.744. The van der Waals surface area contributed by atoms with Crippen molar-refractivity contribution in [2.75, 3.05) is 18.8 Å². The summed E-state index contributed by atoms with van der Waals surface area (Å²) in [5.74, 6) is -0.744. The molecule has 0 radical (unpaired) electrons. The summed E-state index contributed by atoms with van der Waals surface area (Å²) in [5, 5.41) is 12.1. The first-order chi connectivity index (χ1) is 8.01. The van der Waals surface area contributed by atoms with Gasteiger partial charge in [-0.1, -0.05) is 0 Å². The topological polar surface area (TPSA) is 75.3 Å². The van der Waals surface area contributed by atoms with Gasteiger partial charge in [0, 0.05) is 23.7 Å². The maximum absolute atomic E-state index is 10.9. The number of hydrogen-bond donors (Lipinski definition) is 3. The van der Waals surface area contributed by atoms with Crippen LogP contribution in [0.15, 0.2) is 23.1 Å². The molecule has 1 saturated heterocycles. The average molecular weight is 252 g/mol. The molecule has 0 amide bonds. The molecule has 5 heteroatoms. The minimum absolute atomic E-state index is 0.189. The van der Waals surface area contributed by atoms with Crippen LogP contribution in [0, 0.1) is 6.92 Å². The lowest BCUT2D eigenvalue weighted by atomic mass is 9.98. The Kier molecular flexibility index (Phi) is 3.31. The van der Waals surface area contributed by atoms with Gasteiger partial charge in [0.05, 0.1) is 11.2 Å². The molecule has 17 heavy (non-hydrogen) atoms. The maximum atomic E-state index is 10.9. The Labute approximate surface area is 105 Å². The Hall–Kier alpha value is -1.20. The lowest BCUT2D eigenvalue weighted by Gasteiger charge is -2.41. The SMILES string of the molecule is Cc1cc(SC2(CC(=O)O)CNC2)ccc1N. The number of nitrogens with two attached hydrogens (primary N) is 1. The first kappa shape index (κ1) is 12.3. The molecule has 0 saturated carbocycles. The van der Waals surface area contributed by atoms with E-state index in [2.05, 4.69) is 5.32 Å². The van der Waals surface area contributed by atoms with Crippen molar-refractivity contribution in [1.82, 2.24) is 5.32 Å². The van der Waals surface area contributed by atoms with Crippen LogP contribution in [-0.4, -0.2) is 28.9 Å². The molecule has 0 unspecified atom stereocenters. The molecule has 1 heterocycles. The lowest BCUT2D eigenvalue weighted by molar-refractivity contribution is -0.138. The van der Waals surface area contributed by atoms with Crippen LogP contribution in [0.4, 0.5) is 5.69 Å². The molecule has 92 valence electrons. The van der Waals surface area contributed by atoms with Crippen molar-refractivity contribution in [3.63, 3.8) is 0 Å². The van der Waals surface area contributed by atoms with Gasteiger partial charge in [-0.2, -0.15) is 0 Å². The van der Waals surface area contributed by atoms with Crippen LogP contribution in [0.3, 0.4) is 0 Å². The fraction of sp³-hybridized carbons (Fsp3) is 0.417. The third-order valence-electron chi connectivity index (χ3n) is 2.94. The molecule has 1 aromatic rings. The first-order valence-corrected chi connectivity index (χ1v) is 6.30. The first-order valence-electron chi connectivity index (χ1n) is 5.48. The zero-order chi connectivity index (χ0) is 12.5. The number of nitrogen functional groups attached to an aromatic ring is 1. The Balaban J connectivity index is 2.13. The van der Waals surface area contributed by atoms with Crippen molar-refractivity contribution in [2.24, 2.45) is 0 Å². The fourth-order valence-electron chi connectivity index (χ4n) is 1.87. The van der Waals surface area contributed by atoms with E-state index >= 15 is 0 Å². The molecule has 0 aromatic heterocycles.